The minimum Gasteiger partial charge on any atom is -0.467 e. The van der Waals surface area contributed by atoms with Gasteiger partial charge in [-0.05, 0) is 24.9 Å². The van der Waals surface area contributed by atoms with Crippen molar-refractivity contribution in [2.45, 2.75) is 17.9 Å². The second-order valence-electron chi connectivity index (χ2n) is 6.42. The van der Waals surface area contributed by atoms with Crippen molar-refractivity contribution < 1.29 is 19.4 Å². The molecular weight excluding hydrogens is 282 g/mol. The van der Waals surface area contributed by atoms with Crippen molar-refractivity contribution >= 4 is 11.8 Å². The van der Waals surface area contributed by atoms with E-state index in [4.69, 9.17) is 4.74 Å². The molecule has 0 aromatic heterocycles. The van der Waals surface area contributed by atoms with Gasteiger partial charge in [0, 0.05) is 19.0 Å². The number of carbonyl (C=O) groups excluding carboxylic acids is 2. The summed E-state index contributed by atoms with van der Waals surface area (Å²) in [6.45, 7) is 1.05. The number of likely N-dealkylation sites (tertiary alicyclic amines) is 1. The van der Waals surface area contributed by atoms with E-state index in [2.05, 4.69) is 0 Å². The number of esters is 1. The molecule has 1 saturated heterocycles. The first kappa shape index (κ1) is 15.2. The molecule has 1 saturated carbocycles. The van der Waals surface area contributed by atoms with E-state index < -0.39 is 17.5 Å². The molecule has 4 atom stereocenters. The number of rotatable bonds is 2. The molecule has 1 aromatic rings. The van der Waals surface area contributed by atoms with E-state index in [-0.39, 0.29) is 24.0 Å². The maximum absolute atomic E-state index is 12.8. The van der Waals surface area contributed by atoms with Gasteiger partial charge in [0.1, 0.15) is 5.78 Å². The van der Waals surface area contributed by atoms with Crippen molar-refractivity contribution in [1.29, 1.82) is 0 Å². The summed E-state index contributed by atoms with van der Waals surface area (Å²) in [7, 11) is 3.17. The lowest BCUT2D eigenvalue weighted by molar-refractivity contribution is -0.184. The Balaban J connectivity index is 2.05. The highest BCUT2D eigenvalue weighted by Gasteiger charge is 2.59. The van der Waals surface area contributed by atoms with Crippen molar-refractivity contribution in [3.05, 3.63) is 35.9 Å². The lowest BCUT2D eigenvalue weighted by Gasteiger charge is -2.49. The van der Waals surface area contributed by atoms with Gasteiger partial charge >= 0.3 is 5.97 Å². The Morgan fingerprint density at radius 2 is 1.95 bits per heavy atom. The Morgan fingerprint density at radius 1 is 1.27 bits per heavy atom. The zero-order valence-corrected chi connectivity index (χ0v) is 12.9. The molecule has 2 bridgehead atoms. The highest BCUT2D eigenvalue weighted by molar-refractivity contribution is 5.95. The van der Waals surface area contributed by atoms with Gasteiger partial charge < -0.3 is 14.7 Å². The molecule has 1 aromatic carbocycles. The second-order valence-corrected chi connectivity index (χ2v) is 6.42. The SMILES string of the molecule is COC(=O)[C@]1(O)C[C@@H](c2ccccc2)[C@@H]2CN(C)C[C@H]1C2=O. The number of fused-ring (bicyclic) bond motifs is 2. The van der Waals surface area contributed by atoms with Gasteiger partial charge in [-0.2, -0.15) is 0 Å². The fraction of sp³-hybridized carbons (Fsp3) is 0.529. The number of aliphatic hydroxyl groups is 1. The summed E-state index contributed by atoms with van der Waals surface area (Å²) >= 11 is 0. The van der Waals surface area contributed by atoms with Crippen LogP contribution in [0.1, 0.15) is 17.9 Å². The third-order valence-corrected chi connectivity index (χ3v) is 5.07. The number of benzene rings is 1. The Hall–Kier alpha value is -1.72. The molecular formula is C17H21NO4. The first-order valence-corrected chi connectivity index (χ1v) is 7.55. The minimum absolute atomic E-state index is 0.0221. The quantitative estimate of drug-likeness (QED) is 0.820. The summed E-state index contributed by atoms with van der Waals surface area (Å²) in [5, 5.41) is 10.9. The molecule has 22 heavy (non-hydrogen) atoms. The number of piperidine rings is 1. The van der Waals surface area contributed by atoms with Crippen LogP contribution >= 0.6 is 0 Å². The van der Waals surface area contributed by atoms with Gasteiger partial charge in [-0.25, -0.2) is 4.79 Å². The Kier molecular flexibility index (Phi) is 3.78. The van der Waals surface area contributed by atoms with Crippen LogP contribution in [0.25, 0.3) is 0 Å². The van der Waals surface area contributed by atoms with Gasteiger partial charge in [0.25, 0.3) is 0 Å². The number of Topliss-reactive ketones (excluding diaryl/α,β-unsaturated/α-hetero) is 1. The van der Waals surface area contributed by atoms with E-state index in [1.165, 1.54) is 7.11 Å². The van der Waals surface area contributed by atoms with Crippen LogP contribution in [0.4, 0.5) is 0 Å². The molecule has 0 spiro atoms. The van der Waals surface area contributed by atoms with Gasteiger partial charge in [0.2, 0.25) is 0 Å². The average molecular weight is 303 g/mol. The molecule has 1 aliphatic carbocycles. The number of carbonyl (C=O) groups is 2. The van der Waals surface area contributed by atoms with E-state index in [1.54, 1.807) is 0 Å². The van der Waals surface area contributed by atoms with E-state index >= 15 is 0 Å². The highest BCUT2D eigenvalue weighted by atomic mass is 16.5. The highest BCUT2D eigenvalue weighted by Crippen LogP contribution is 2.46. The van der Waals surface area contributed by atoms with Crippen molar-refractivity contribution in [3.8, 4) is 0 Å². The summed E-state index contributed by atoms with van der Waals surface area (Å²) in [6.07, 6.45) is 0.235. The Labute approximate surface area is 129 Å². The summed E-state index contributed by atoms with van der Waals surface area (Å²) in [4.78, 5) is 27.0. The lowest BCUT2D eigenvalue weighted by Crippen LogP contribution is -2.64. The fourth-order valence-corrected chi connectivity index (χ4v) is 3.94. The maximum atomic E-state index is 12.8. The summed E-state index contributed by atoms with van der Waals surface area (Å²) in [6, 6.07) is 9.64. The van der Waals surface area contributed by atoms with Gasteiger partial charge in [-0.1, -0.05) is 30.3 Å². The molecule has 1 heterocycles. The summed E-state index contributed by atoms with van der Waals surface area (Å²) < 4.78 is 4.79. The zero-order chi connectivity index (χ0) is 15.9. The smallest absolute Gasteiger partial charge is 0.338 e. The van der Waals surface area contributed by atoms with Gasteiger partial charge in [0.15, 0.2) is 5.60 Å². The number of ketones is 1. The van der Waals surface area contributed by atoms with Crippen LogP contribution in [-0.2, 0) is 14.3 Å². The van der Waals surface area contributed by atoms with Crippen LogP contribution in [0, 0.1) is 11.8 Å². The normalized spacial score (nSPS) is 35.2. The second kappa shape index (κ2) is 5.48. The summed E-state index contributed by atoms with van der Waals surface area (Å²) in [5.74, 6) is -1.79. The Morgan fingerprint density at radius 3 is 2.59 bits per heavy atom. The van der Waals surface area contributed by atoms with Gasteiger partial charge in [-0.3, -0.25) is 4.79 Å². The van der Waals surface area contributed by atoms with Gasteiger partial charge in [-0.15, -0.1) is 0 Å². The molecule has 0 unspecified atom stereocenters. The van der Waals surface area contributed by atoms with Crippen LogP contribution in [-0.4, -0.2) is 54.6 Å². The number of ether oxygens (including phenoxy) is 1. The van der Waals surface area contributed by atoms with Crippen molar-refractivity contribution in [3.63, 3.8) is 0 Å². The number of hydrogen-bond acceptors (Lipinski definition) is 5. The van der Waals surface area contributed by atoms with E-state index in [0.717, 1.165) is 5.56 Å². The molecule has 1 aliphatic heterocycles. The van der Waals surface area contributed by atoms with Crippen LogP contribution in [0.5, 0.6) is 0 Å². The minimum atomic E-state index is -1.74. The molecule has 2 aliphatic rings. The lowest BCUT2D eigenvalue weighted by atomic mass is 9.61. The molecule has 3 rings (SSSR count). The first-order valence-electron chi connectivity index (χ1n) is 7.55. The van der Waals surface area contributed by atoms with Crippen molar-refractivity contribution in [2.75, 3.05) is 27.2 Å². The predicted molar refractivity (Wildman–Crippen MR) is 80.2 cm³/mol. The molecule has 0 radical (unpaired) electrons. The Bertz CT molecular complexity index is 588. The number of hydrogen-bond donors (Lipinski definition) is 1. The third-order valence-electron chi connectivity index (χ3n) is 5.07. The standard InChI is InChI=1S/C17H21NO4/c1-18-9-13-12(11-6-4-3-5-7-11)8-17(21,16(20)22-2)14(10-18)15(13)19/h3-7,12-14,21H,8-10H2,1-2H3/t12-,13-,14-,17-/m0/s1. The van der Waals surface area contributed by atoms with E-state index in [9.17, 15) is 14.7 Å². The molecule has 1 N–H and O–H groups in total. The molecule has 5 nitrogen and oxygen atoms in total. The van der Waals surface area contributed by atoms with Crippen molar-refractivity contribution in [1.82, 2.24) is 4.90 Å². The van der Waals surface area contributed by atoms with Crippen LogP contribution in [0.3, 0.4) is 0 Å². The molecule has 2 fully saturated rings. The van der Waals surface area contributed by atoms with E-state index in [1.807, 2.05) is 42.3 Å². The largest absolute Gasteiger partial charge is 0.467 e. The molecule has 118 valence electrons. The summed E-state index contributed by atoms with van der Waals surface area (Å²) in [5.41, 5.74) is -0.755. The van der Waals surface area contributed by atoms with Crippen LogP contribution in [0.2, 0.25) is 0 Å². The van der Waals surface area contributed by atoms with Gasteiger partial charge in [0.05, 0.1) is 13.0 Å². The number of methoxy groups -OCH3 is 1. The average Bonchev–Trinajstić information content (AvgIpc) is 2.53. The third kappa shape index (κ3) is 2.25. The predicted octanol–water partition coefficient (Wildman–Crippen LogP) is 0.825. The van der Waals surface area contributed by atoms with Crippen molar-refractivity contribution in [2.24, 2.45) is 11.8 Å². The zero-order valence-electron chi connectivity index (χ0n) is 12.9. The van der Waals surface area contributed by atoms with E-state index in [0.29, 0.717) is 13.1 Å². The first-order chi connectivity index (χ1) is 10.5. The van der Waals surface area contributed by atoms with Crippen LogP contribution < -0.4 is 0 Å². The monoisotopic (exact) mass is 303 g/mol. The topological polar surface area (TPSA) is 66.8 Å². The molecule has 0 amide bonds. The number of nitrogens with zero attached hydrogens (tertiary/aromatic N) is 1. The maximum Gasteiger partial charge on any atom is 0.338 e. The fourth-order valence-electron chi connectivity index (χ4n) is 3.94. The van der Waals surface area contributed by atoms with Crippen LogP contribution in [0.15, 0.2) is 30.3 Å². The molecule has 5 heteroatoms.